The Hall–Kier alpha value is -1.30. The standard InChI is InChI=1S/C32H55NO5/c1-8-21-17-23-25-10-9-24(20(4)13-16-38-30(36)33-28(19(2)3)29(35)37-7)31(25,5)15-12-26(23)32(6)14-11-22(34)18-27(21)32/h19-28,34H,8-18H2,1-7H3,(H,33,36)/t20-,21+,22-,23+,24-,25+,26+,27+,28+,31-,32-/m1/s1. The van der Waals surface area contributed by atoms with Crippen molar-refractivity contribution >= 4 is 12.1 Å². The van der Waals surface area contributed by atoms with Crippen molar-refractivity contribution in [3.8, 4) is 0 Å². The van der Waals surface area contributed by atoms with Gasteiger partial charge in [0.05, 0.1) is 19.8 Å². The van der Waals surface area contributed by atoms with E-state index >= 15 is 0 Å². The third-order valence-corrected chi connectivity index (χ3v) is 12.3. The third-order valence-electron chi connectivity index (χ3n) is 12.3. The summed E-state index contributed by atoms with van der Waals surface area (Å²) in [4.78, 5) is 24.4. The monoisotopic (exact) mass is 533 g/mol. The number of hydrogen-bond donors (Lipinski definition) is 2. The highest BCUT2D eigenvalue weighted by Crippen LogP contribution is 2.69. The van der Waals surface area contributed by atoms with Crippen molar-refractivity contribution in [1.29, 1.82) is 0 Å². The molecule has 0 aliphatic heterocycles. The van der Waals surface area contributed by atoms with Gasteiger partial charge in [0.2, 0.25) is 0 Å². The first-order chi connectivity index (χ1) is 18.0. The molecule has 0 unspecified atom stereocenters. The van der Waals surface area contributed by atoms with Gasteiger partial charge in [-0.1, -0.05) is 48.0 Å². The summed E-state index contributed by atoms with van der Waals surface area (Å²) in [5, 5.41) is 13.2. The van der Waals surface area contributed by atoms with Crippen molar-refractivity contribution in [2.75, 3.05) is 13.7 Å². The van der Waals surface area contributed by atoms with Crippen molar-refractivity contribution in [2.45, 2.75) is 118 Å². The topological polar surface area (TPSA) is 84.9 Å². The van der Waals surface area contributed by atoms with Crippen molar-refractivity contribution in [3.05, 3.63) is 0 Å². The van der Waals surface area contributed by atoms with Crippen LogP contribution < -0.4 is 5.32 Å². The van der Waals surface area contributed by atoms with E-state index in [9.17, 15) is 14.7 Å². The largest absolute Gasteiger partial charge is 0.467 e. The van der Waals surface area contributed by atoms with Crippen molar-refractivity contribution in [3.63, 3.8) is 0 Å². The van der Waals surface area contributed by atoms with Crippen LogP contribution in [0.25, 0.3) is 0 Å². The Labute approximate surface area is 231 Å². The van der Waals surface area contributed by atoms with E-state index in [1.807, 2.05) is 13.8 Å². The number of rotatable bonds is 8. The van der Waals surface area contributed by atoms with E-state index in [0.29, 0.717) is 35.2 Å². The van der Waals surface area contributed by atoms with Crippen LogP contribution in [0.3, 0.4) is 0 Å². The molecule has 4 fully saturated rings. The maximum absolute atomic E-state index is 12.4. The molecule has 11 atom stereocenters. The molecule has 4 saturated carbocycles. The lowest BCUT2D eigenvalue weighted by molar-refractivity contribution is -0.152. The zero-order valence-electron chi connectivity index (χ0n) is 25.1. The van der Waals surface area contributed by atoms with Gasteiger partial charge in [0.1, 0.15) is 6.04 Å². The van der Waals surface area contributed by atoms with Crippen LogP contribution in [0.1, 0.15) is 106 Å². The van der Waals surface area contributed by atoms with Gasteiger partial charge in [-0.05, 0) is 116 Å². The highest BCUT2D eigenvalue weighted by Gasteiger charge is 2.62. The zero-order chi connectivity index (χ0) is 27.8. The number of nitrogens with one attached hydrogen (secondary N) is 1. The van der Waals surface area contributed by atoms with Crippen LogP contribution in [0.4, 0.5) is 4.79 Å². The fraction of sp³-hybridized carbons (Fsp3) is 0.938. The SMILES string of the molecule is CC[C@H]1C[C@@H]2[C@H](CC[C@]3(C)[C@@H]([C@H](C)CCOC(=O)N[C@H](C(=O)OC)C(C)C)CC[C@@H]23)[C@@]2(C)CC[C@@H](O)C[C@@H]12. The first-order valence-electron chi connectivity index (χ1n) is 15.6. The molecular formula is C32H55NO5. The average Bonchev–Trinajstić information content (AvgIpc) is 3.24. The Morgan fingerprint density at radius 2 is 1.66 bits per heavy atom. The molecule has 0 heterocycles. The Morgan fingerprint density at radius 3 is 2.32 bits per heavy atom. The molecule has 0 bridgehead atoms. The molecular weight excluding hydrogens is 478 g/mol. The lowest BCUT2D eigenvalue weighted by Crippen LogP contribution is -2.56. The molecule has 6 heteroatoms. The van der Waals surface area contributed by atoms with Crippen LogP contribution in [0.5, 0.6) is 0 Å². The Bertz CT molecular complexity index is 846. The zero-order valence-corrected chi connectivity index (χ0v) is 25.1. The fourth-order valence-electron chi connectivity index (χ4n) is 10.2. The Balaban J connectivity index is 1.37. The third kappa shape index (κ3) is 5.37. The van der Waals surface area contributed by atoms with Gasteiger partial charge in [0.15, 0.2) is 0 Å². The number of hydrogen-bond acceptors (Lipinski definition) is 5. The second-order valence-electron chi connectivity index (χ2n) is 14.3. The van der Waals surface area contributed by atoms with Crippen LogP contribution in [0, 0.1) is 58.2 Å². The van der Waals surface area contributed by atoms with Crippen LogP contribution in [-0.4, -0.2) is 43.0 Å². The molecule has 6 nitrogen and oxygen atoms in total. The van der Waals surface area contributed by atoms with Gasteiger partial charge in [-0.15, -0.1) is 0 Å². The Kier molecular flexibility index (Phi) is 9.11. The van der Waals surface area contributed by atoms with E-state index < -0.39 is 18.1 Å². The minimum absolute atomic E-state index is 0.0669. The number of fused-ring (bicyclic) bond motifs is 5. The predicted molar refractivity (Wildman–Crippen MR) is 149 cm³/mol. The summed E-state index contributed by atoms with van der Waals surface area (Å²) in [6.45, 7) is 14.0. The quantitative estimate of drug-likeness (QED) is 0.344. The van der Waals surface area contributed by atoms with Gasteiger partial charge in [-0.25, -0.2) is 9.59 Å². The molecule has 0 aromatic carbocycles. The number of aliphatic hydroxyl groups excluding tert-OH is 1. The normalized spacial score (nSPS) is 41.9. The van der Waals surface area contributed by atoms with Gasteiger partial charge < -0.3 is 19.9 Å². The van der Waals surface area contributed by atoms with Gasteiger partial charge in [0.25, 0.3) is 0 Å². The van der Waals surface area contributed by atoms with E-state index in [-0.39, 0.29) is 12.0 Å². The number of alkyl carbamates (subject to hydrolysis) is 1. The minimum atomic E-state index is -0.689. The van der Waals surface area contributed by atoms with E-state index in [1.165, 1.54) is 52.1 Å². The molecule has 4 aliphatic carbocycles. The number of esters is 1. The molecule has 0 aromatic heterocycles. The molecule has 0 saturated heterocycles. The van der Waals surface area contributed by atoms with Gasteiger partial charge >= 0.3 is 12.1 Å². The number of methoxy groups -OCH3 is 1. The first-order valence-corrected chi connectivity index (χ1v) is 15.6. The van der Waals surface area contributed by atoms with Gasteiger partial charge in [-0.2, -0.15) is 0 Å². The summed E-state index contributed by atoms with van der Waals surface area (Å²) in [7, 11) is 1.34. The van der Waals surface area contributed by atoms with E-state index in [2.05, 4.69) is 33.0 Å². The lowest BCUT2D eigenvalue weighted by Gasteiger charge is -2.63. The van der Waals surface area contributed by atoms with Crippen molar-refractivity contribution in [2.24, 2.45) is 58.2 Å². The van der Waals surface area contributed by atoms with Crippen LogP contribution in [0.2, 0.25) is 0 Å². The molecule has 0 aromatic rings. The first kappa shape index (κ1) is 29.7. The predicted octanol–water partition coefficient (Wildman–Crippen LogP) is 6.59. The van der Waals surface area contributed by atoms with Crippen LogP contribution in [-0.2, 0) is 14.3 Å². The number of carbonyl (C=O) groups is 2. The highest BCUT2D eigenvalue weighted by atomic mass is 16.6. The molecule has 2 N–H and O–H groups in total. The minimum Gasteiger partial charge on any atom is -0.467 e. The molecule has 218 valence electrons. The summed E-state index contributed by atoms with van der Waals surface area (Å²) in [5.41, 5.74) is 0.763. The summed E-state index contributed by atoms with van der Waals surface area (Å²) in [5.74, 6) is 4.52. The van der Waals surface area contributed by atoms with E-state index in [1.54, 1.807) is 0 Å². The lowest BCUT2D eigenvalue weighted by atomic mass is 9.42. The maximum atomic E-state index is 12.4. The second-order valence-corrected chi connectivity index (χ2v) is 14.3. The molecule has 1 amide bonds. The number of aliphatic hydroxyl groups is 1. The summed E-state index contributed by atoms with van der Waals surface area (Å²) < 4.78 is 10.4. The van der Waals surface area contributed by atoms with Crippen molar-refractivity contribution in [1.82, 2.24) is 5.32 Å². The summed E-state index contributed by atoms with van der Waals surface area (Å²) in [6, 6.07) is -0.689. The van der Waals surface area contributed by atoms with Crippen LogP contribution >= 0.6 is 0 Å². The number of ether oxygens (including phenoxy) is 2. The summed E-state index contributed by atoms with van der Waals surface area (Å²) in [6.07, 6.45) is 11.3. The second kappa shape index (κ2) is 11.7. The number of amides is 1. The molecule has 38 heavy (non-hydrogen) atoms. The molecule has 4 rings (SSSR count). The fourth-order valence-corrected chi connectivity index (χ4v) is 10.2. The smallest absolute Gasteiger partial charge is 0.407 e. The van der Waals surface area contributed by atoms with Crippen LogP contribution in [0.15, 0.2) is 0 Å². The summed E-state index contributed by atoms with van der Waals surface area (Å²) >= 11 is 0. The van der Waals surface area contributed by atoms with Crippen molar-refractivity contribution < 1.29 is 24.2 Å². The molecule has 0 spiro atoms. The van der Waals surface area contributed by atoms with Gasteiger partial charge in [0, 0.05) is 0 Å². The average molecular weight is 534 g/mol. The molecule has 0 radical (unpaired) electrons. The molecule has 4 aliphatic rings. The highest BCUT2D eigenvalue weighted by molar-refractivity contribution is 5.81. The van der Waals surface area contributed by atoms with Gasteiger partial charge in [-0.3, -0.25) is 0 Å². The maximum Gasteiger partial charge on any atom is 0.407 e. The van der Waals surface area contributed by atoms with E-state index in [0.717, 1.165) is 42.9 Å². The number of carbonyl (C=O) groups excluding carboxylic acids is 2. The Morgan fingerprint density at radius 1 is 0.974 bits per heavy atom. The van der Waals surface area contributed by atoms with E-state index in [4.69, 9.17) is 9.47 Å².